The van der Waals surface area contributed by atoms with Crippen LogP contribution in [0.2, 0.25) is 0 Å². The number of aromatic nitrogens is 2. The Labute approximate surface area is 173 Å². The van der Waals surface area contributed by atoms with Crippen molar-refractivity contribution in [3.63, 3.8) is 0 Å². The molecular formula is C22H21N3O3S. The standard InChI is InChI=1S/C22H21N3O3S/c1-28-19-5-2-4-18(14-19)25-13-11-23-22(25)29-15-20(26)16-7-9-17(10-8-16)24-12-3-6-21(24)27/h2,4-5,7-11,13-14H,3,6,12,15H2,1H3. The minimum absolute atomic E-state index is 0.0227. The first-order valence-electron chi connectivity index (χ1n) is 9.40. The van der Waals surface area contributed by atoms with Crippen molar-refractivity contribution in [2.75, 3.05) is 24.3 Å². The number of carbonyl (C=O) groups excluding carboxylic acids is 2. The lowest BCUT2D eigenvalue weighted by Gasteiger charge is -2.15. The highest BCUT2D eigenvalue weighted by Gasteiger charge is 2.21. The summed E-state index contributed by atoms with van der Waals surface area (Å²) in [6.07, 6.45) is 5.06. The number of rotatable bonds is 7. The van der Waals surface area contributed by atoms with Gasteiger partial charge in [-0.25, -0.2) is 4.98 Å². The number of Topliss-reactive ketones (excluding diaryl/α,β-unsaturated/α-hetero) is 1. The maximum atomic E-state index is 12.6. The van der Waals surface area contributed by atoms with Crippen LogP contribution >= 0.6 is 11.8 Å². The van der Waals surface area contributed by atoms with Crippen molar-refractivity contribution < 1.29 is 14.3 Å². The van der Waals surface area contributed by atoms with Gasteiger partial charge < -0.3 is 9.64 Å². The largest absolute Gasteiger partial charge is 0.497 e. The third-order valence-corrected chi connectivity index (χ3v) is 5.81. The Kier molecular flexibility index (Phi) is 5.67. The van der Waals surface area contributed by atoms with Crippen molar-refractivity contribution in [2.24, 2.45) is 0 Å². The van der Waals surface area contributed by atoms with Crippen molar-refractivity contribution in [2.45, 2.75) is 18.0 Å². The molecule has 1 aliphatic heterocycles. The van der Waals surface area contributed by atoms with E-state index in [2.05, 4.69) is 4.98 Å². The first kappa shape index (κ1) is 19.3. The topological polar surface area (TPSA) is 64.4 Å². The molecule has 1 aromatic heterocycles. The number of amides is 1. The van der Waals surface area contributed by atoms with E-state index in [9.17, 15) is 9.59 Å². The lowest BCUT2D eigenvalue weighted by Crippen LogP contribution is -2.23. The van der Waals surface area contributed by atoms with E-state index >= 15 is 0 Å². The van der Waals surface area contributed by atoms with Gasteiger partial charge in [-0.1, -0.05) is 17.8 Å². The van der Waals surface area contributed by atoms with Crippen LogP contribution in [0.1, 0.15) is 23.2 Å². The summed E-state index contributed by atoms with van der Waals surface area (Å²) in [5.74, 6) is 1.21. The SMILES string of the molecule is COc1cccc(-n2ccnc2SCC(=O)c2ccc(N3CCCC3=O)cc2)c1. The third kappa shape index (κ3) is 4.19. The molecule has 0 spiro atoms. The number of benzene rings is 2. The minimum atomic E-state index is 0.0227. The van der Waals surface area contributed by atoms with E-state index in [1.165, 1.54) is 11.8 Å². The highest BCUT2D eigenvalue weighted by atomic mass is 32.2. The van der Waals surface area contributed by atoms with Crippen molar-refractivity contribution >= 4 is 29.1 Å². The quantitative estimate of drug-likeness (QED) is 0.438. The molecular weight excluding hydrogens is 386 g/mol. The maximum absolute atomic E-state index is 12.6. The van der Waals surface area contributed by atoms with E-state index in [0.29, 0.717) is 12.0 Å². The van der Waals surface area contributed by atoms with Crippen molar-refractivity contribution in [1.82, 2.24) is 9.55 Å². The van der Waals surface area contributed by atoms with Crippen LogP contribution in [0.4, 0.5) is 5.69 Å². The molecule has 0 N–H and O–H groups in total. The average Bonchev–Trinajstić information content (AvgIpc) is 3.41. The van der Waals surface area contributed by atoms with Gasteiger partial charge in [0.2, 0.25) is 5.91 Å². The Bertz CT molecular complexity index is 1030. The highest BCUT2D eigenvalue weighted by Crippen LogP contribution is 2.25. The van der Waals surface area contributed by atoms with Crippen LogP contribution in [0.15, 0.2) is 66.1 Å². The molecule has 3 aromatic rings. The average molecular weight is 407 g/mol. The fraction of sp³-hybridized carbons (Fsp3) is 0.227. The molecule has 7 heteroatoms. The molecule has 2 heterocycles. The molecule has 0 saturated carbocycles. The second kappa shape index (κ2) is 8.53. The molecule has 1 fully saturated rings. The molecule has 2 aromatic carbocycles. The number of thioether (sulfide) groups is 1. The van der Waals surface area contributed by atoms with Crippen LogP contribution < -0.4 is 9.64 Å². The smallest absolute Gasteiger partial charge is 0.227 e. The minimum Gasteiger partial charge on any atom is -0.497 e. The summed E-state index contributed by atoms with van der Waals surface area (Å²) >= 11 is 1.39. The van der Waals surface area contributed by atoms with Crippen LogP contribution in [0.3, 0.4) is 0 Å². The molecule has 148 valence electrons. The number of ether oxygens (including phenoxy) is 1. The summed E-state index contributed by atoms with van der Waals surface area (Å²) < 4.78 is 7.22. The number of nitrogens with zero attached hydrogens (tertiary/aromatic N) is 3. The van der Waals surface area contributed by atoms with E-state index in [-0.39, 0.29) is 17.4 Å². The van der Waals surface area contributed by atoms with Gasteiger partial charge in [0.25, 0.3) is 0 Å². The number of carbonyl (C=O) groups is 2. The first-order valence-corrected chi connectivity index (χ1v) is 10.4. The van der Waals surface area contributed by atoms with E-state index in [4.69, 9.17) is 4.74 Å². The molecule has 0 atom stereocenters. The summed E-state index contributed by atoms with van der Waals surface area (Å²) in [7, 11) is 1.63. The fourth-order valence-corrected chi connectivity index (χ4v) is 4.18. The number of anilines is 1. The Morgan fingerprint density at radius 2 is 2.00 bits per heavy atom. The summed E-state index contributed by atoms with van der Waals surface area (Å²) in [4.78, 5) is 30.6. The molecule has 4 rings (SSSR count). The summed E-state index contributed by atoms with van der Waals surface area (Å²) in [5.41, 5.74) is 2.41. The van der Waals surface area contributed by atoms with Crippen LogP contribution in [0.5, 0.6) is 5.75 Å². The van der Waals surface area contributed by atoms with Gasteiger partial charge in [0.15, 0.2) is 10.9 Å². The van der Waals surface area contributed by atoms with Gasteiger partial charge in [-0.15, -0.1) is 0 Å². The van der Waals surface area contributed by atoms with Gasteiger partial charge in [0.1, 0.15) is 5.75 Å². The van der Waals surface area contributed by atoms with Crippen LogP contribution in [0.25, 0.3) is 5.69 Å². The maximum Gasteiger partial charge on any atom is 0.227 e. The number of hydrogen-bond donors (Lipinski definition) is 0. The molecule has 0 bridgehead atoms. The van der Waals surface area contributed by atoms with Gasteiger partial charge >= 0.3 is 0 Å². The second-order valence-corrected chi connectivity index (χ2v) is 7.63. The zero-order valence-corrected chi connectivity index (χ0v) is 16.9. The lowest BCUT2D eigenvalue weighted by atomic mass is 10.1. The molecule has 1 amide bonds. The second-order valence-electron chi connectivity index (χ2n) is 6.69. The number of hydrogen-bond acceptors (Lipinski definition) is 5. The highest BCUT2D eigenvalue weighted by molar-refractivity contribution is 7.99. The molecule has 1 aliphatic rings. The van der Waals surface area contributed by atoms with Gasteiger partial charge in [-0.05, 0) is 42.8 Å². The zero-order chi connectivity index (χ0) is 20.2. The van der Waals surface area contributed by atoms with Crippen LogP contribution in [-0.2, 0) is 4.79 Å². The van der Waals surface area contributed by atoms with Gasteiger partial charge in [-0.3, -0.25) is 14.2 Å². The number of ketones is 1. The van der Waals surface area contributed by atoms with E-state index < -0.39 is 0 Å². The van der Waals surface area contributed by atoms with Gasteiger partial charge in [-0.2, -0.15) is 0 Å². The predicted octanol–water partition coefficient (Wildman–Crippen LogP) is 3.98. The fourth-order valence-electron chi connectivity index (χ4n) is 3.32. The lowest BCUT2D eigenvalue weighted by molar-refractivity contribution is -0.117. The molecule has 29 heavy (non-hydrogen) atoms. The molecule has 6 nitrogen and oxygen atoms in total. The Balaban J connectivity index is 1.43. The normalized spacial score (nSPS) is 13.7. The molecule has 0 radical (unpaired) electrons. The molecule has 1 saturated heterocycles. The van der Waals surface area contributed by atoms with Crippen LogP contribution in [0, 0.1) is 0 Å². The van der Waals surface area contributed by atoms with E-state index in [1.807, 2.05) is 47.2 Å². The predicted molar refractivity (Wildman–Crippen MR) is 113 cm³/mol. The summed E-state index contributed by atoms with van der Waals surface area (Å²) in [5, 5.41) is 0.742. The van der Waals surface area contributed by atoms with E-state index in [0.717, 1.165) is 35.2 Å². The van der Waals surface area contributed by atoms with Gasteiger partial charge in [0, 0.05) is 42.7 Å². The molecule has 0 aliphatic carbocycles. The summed E-state index contributed by atoms with van der Waals surface area (Å²) in [6.45, 7) is 0.745. The van der Waals surface area contributed by atoms with Crippen LogP contribution in [-0.4, -0.2) is 40.6 Å². The third-order valence-electron chi connectivity index (χ3n) is 4.85. The number of methoxy groups -OCH3 is 1. The van der Waals surface area contributed by atoms with E-state index in [1.54, 1.807) is 30.3 Å². The Hall–Kier alpha value is -3.06. The van der Waals surface area contributed by atoms with Crippen molar-refractivity contribution in [1.29, 1.82) is 0 Å². The first-order chi connectivity index (χ1) is 14.2. The molecule has 0 unspecified atom stereocenters. The number of imidazole rings is 1. The monoisotopic (exact) mass is 407 g/mol. The van der Waals surface area contributed by atoms with Crippen molar-refractivity contribution in [3.05, 3.63) is 66.5 Å². The Morgan fingerprint density at radius 3 is 2.72 bits per heavy atom. The summed E-state index contributed by atoms with van der Waals surface area (Å²) in [6, 6.07) is 15.0. The zero-order valence-electron chi connectivity index (χ0n) is 16.1. The van der Waals surface area contributed by atoms with Crippen molar-refractivity contribution in [3.8, 4) is 11.4 Å². The Morgan fingerprint density at radius 1 is 1.17 bits per heavy atom. The van der Waals surface area contributed by atoms with Gasteiger partial charge in [0.05, 0.1) is 18.6 Å².